The van der Waals surface area contributed by atoms with Crippen LogP contribution < -0.4 is 0 Å². The van der Waals surface area contributed by atoms with Crippen LogP contribution in [0.1, 0.15) is 19.8 Å². The van der Waals surface area contributed by atoms with Crippen molar-refractivity contribution in [2.75, 3.05) is 19.8 Å². The molecule has 4 heteroatoms. The summed E-state index contributed by atoms with van der Waals surface area (Å²) >= 11 is 0. The molecule has 0 aromatic carbocycles. The molecule has 2 saturated heterocycles. The molecule has 0 aliphatic carbocycles. The first-order valence-electron chi connectivity index (χ1n) is 5.24. The number of aliphatic hydroxyl groups is 2. The van der Waals surface area contributed by atoms with E-state index in [1.54, 1.807) is 0 Å². The zero-order chi connectivity index (χ0) is 10.3. The molecule has 2 fully saturated rings. The lowest BCUT2D eigenvalue weighted by Crippen LogP contribution is -2.76. The molecule has 0 spiro atoms. The highest BCUT2D eigenvalue weighted by molar-refractivity contribution is 6.00. The van der Waals surface area contributed by atoms with Crippen molar-refractivity contribution < 1.29 is 15.0 Å². The molecule has 2 aliphatic heterocycles. The predicted octanol–water partition coefficient (Wildman–Crippen LogP) is -0.607. The molecule has 2 rings (SSSR count). The molecule has 0 radical (unpaired) electrons. The fraction of sp³-hybridized carbons (Fsp3) is 0.900. The van der Waals surface area contributed by atoms with Gasteiger partial charge < -0.3 is 10.2 Å². The Labute approximate surface area is 83.5 Å². The first-order chi connectivity index (χ1) is 6.71. The van der Waals surface area contributed by atoms with Crippen molar-refractivity contribution in [2.24, 2.45) is 5.92 Å². The van der Waals surface area contributed by atoms with Crippen LogP contribution in [0.15, 0.2) is 0 Å². The normalized spacial score (nSPS) is 35.5. The SMILES string of the molecule is CCC1CCN2C1C(=O)C2(CO)CO. The number of nitrogens with zero attached hydrogens (tertiary/aromatic N) is 1. The Kier molecular flexibility index (Phi) is 2.37. The molecule has 80 valence electrons. The molecular formula is C10H17NO3. The second-order valence-electron chi connectivity index (χ2n) is 4.31. The summed E-state index contributed by atoms with van der Waals surface area (Å²) in [6, 6.07) is -0.0284. The molecule has 14 heavy (non-hydrogen) atoms. The van der Waals surface area contributed by atoms with Gasteiger partial charge in [-0.25, -0.2) is 0 Å². The monoisotopic (exact) mass is 199 g/mol. The fourth-order valence-corrected chi connectivity index (χ4v) is 2.86. The van der Waals surface area contributed by atoms with E-state index in [0.717, 1.165) is 19.4 Å². The van der Waals surface area contributed by atoms with Gasteiger partial charge >= 0.3 is 0 Å². The van der Waals surface area contributed by atoms with Crippen LogP contribution in [0.5, 0.6) is 0 Å². The van der Waals surface area contributed by atoms with Gasteiger partial charge in [0.05, 0.1) is 19.3 Å². The van der Waals surface area contributed by atoms with Gasteiger partial charge in [-0.05, 0) is 12.3 Å². The van der Waals surface area contributed by atoms with Gasteiger partial charge in [-0.3, -0.25) is 9.69 Å². The first-order valence-corrected chi connectivity index (χ1v) is 5.24. The largest absolute Gasteiger partial charge is 0.394 e. The Morgan fingerprint density at radius 2 is 2.14 bits per heavy atom. The summed E-state index contributed by atoms with van der Waals surface area (Å²) in [5.41, 5.74) is -0.950. The van der Waals surface area contributed by atoms with Gasteiger partial charge in [0.2, 0.25) is 0 Å². The number of fused-ring (bicyclic) bond motifs is 1. The summed E-state index contributed by atoms with van der Waals surface area (Å²) in [6.45, 7) is 2.40. The van der Waals surface area contributed by atoms with Crippen LogP contribution in [0, 0.1) is 5.92 Å². The molecular weight excluding hydrogens is 182 g/mol. The molecule has 0 aromatic rings. The molecule has 2 N–H and O–H groups in total. The third-order valence-corrected chi connectivity index (χ3v) is 3.85. The summed E-state index contributed by atoms with van der Waals surface area (Å²) in [5.74, 6) is 0.459. The quantitative estimate of drug-likeness (QED) is 0.637. The van der Waals surface area contributed by atoms with Gasteiger partial charge in [-0.15, -0.1) is 0 Å². The number of hydrogen-bond acceptors (Lipinski definition) is 4. The molecule has 0 bridgehead atoms. The number of rotatable bonds is 3. The summed E-state index contributed by atoms with van der Waals surface area (Å²) < 4.78 is 0. The number of aliphatic hydroxyl groups excluding tert-OH is 2. The lowest BCUT2D eigenvalue weighted by Gasteiger charge is -2.52. The molecule has 2 heterocycles. The van der Waals surface area contributed by atoms with Crippen molar-refractivity contribution in [1.82, 2.24) is 4.90 Å². The zero-order valence-electron chi connectivity index (χ0n) is 8.44. The Morgan fingerprint density at radius 1 is 1.50 bits per heavy atom. The fourth-order valence-electron chi connectivity index (χ4n) is 2.86. The van der Waals surface area contributed by atoms with Crippen molar-refractivity contribution >= 4 is 5.78 Å². The molecule has 2 unspecified atom stereocenters. The maximum absolute atomic E-state index is 11.8. The van der Waals surface area contributed by atoms with E-state index in [4.69, 9.17) is 0 Å². The third-order valence-electron chi connectivity index (χ3n) is 3.85. The Bertz CT molecular complexity index is 250. The van der Waals surface area contributed by atoms with Gasteiger partial charge in [0, 0.05) is 6.54 Å². The summed E-state index contributed by atoms with van der Waals surface area (Å²) in [4.78, 5) is 13.8. The number of Topliss-reactive ketones (excluding diaryl/α,β-unsaturated/α-hetero) is 1. The van der Waals surface area contributed by atoms with Crippen LogP contribution in [-0.2, 0) is 4.79 Å². The van der Waals surface area contributed by atoms with Crippen LogP contribution in [0.25, 0.3) is 0 Å². The average Bonchev–Trinajstić information content (AvgIpc) is 2.60. The van der Waals surface area contributed by atoms with E-state index in [9.17, 15) is 15.0 Å². The van der Waals surface area contributed by atoms with E-state index in [1.165, 1.54) is 0 Å². The van der Waals surface area contributed by atoms with Crippen LogP contribution in [0.2, 0.25) is 0 Å². The van der Waals surface area contributed by atoms with Gasteiger partial charge in [-0.1, -0.05) is 13.3 Å². The van der Waals surface area contributed by atoms with Crippen molar-refractivity contribution in [3.8, 4) is 0 Å². The van der Waals surface area contributed by atoms with E-state index < -0.39 is 5.54 Å². The van der Waals surface area contributed by atoms with Gasteiger partial charge in [0.25, 0.3) is 0 Å². The molecule has 0 amide bonds. The summed E-state index contributed by atoms with van der Waals surface area (Å²) in [6.07, 6.45) is 2.01. The van der Waals surface area contributed by atoms with E-state index in [-0.39, 0.29) is 25.0 Å². The highest BCUT2D eigenvalue weighted by Crippen LogP contribution is 2.43. The van der Waals surface area contributed by atoms with Gasteiger partial charge in [-0.2, -0.15) is 0 Å². The van der Waals surface area contributed by atoms with E-state index in [2.05, 4.69) is 6.92 Å². The molecule has 2 atom stereocenters. The standard InChI is InChI=1S/C10H17NO3/c1-2-7-3-4-11-8(7)9(14)10(11,5-12)6-13/h7-8,12-13H,2-6H2,1H3. The lowest BCUT2D eigenvalue weighted by molar-refractivity contribution is -0.168. The van der Waals surface area contributed by atoms with E-state index in [1.807, 2.05) is 4.90 Å². The van der Waals surface area contributed by atoms with Crippen LogP contribution >= 0.6 is 0 Å². The predicted molar refractivity (Wildman–Crippen MR) is 50.8 cm³/mol. The minimum absolute atomic E-state index is 0.0284. The molecule has 0 saturated carbocycles. The third kappa shape index (κ3) is 0.962. The van der Waals surface area contributed by atoms with E-state index in [0.29, 0.717) is 5.92 Å². The van der Waals surface area contributed by atoms with Gasteiger partial charge in [0.15, 0.2) is 5.78 Å². The highest BCUT2D eigenvalue weighted by Gasteiger charge is 2.63. The molecule has 4 nitrogen and oxygen atoms in total. The highest BCUT2D eigenvalue weighted by atomic mass is 16.3. The summed E-state index contributed by atoms with van der Waals surface area (Å²) in [5, 5.41) is 18.4. The molecule has 0 aromatic heterocycles. The lowest BCUT2D eigenvalue weighted by atomic mass is 9.75. The number of ketones is 1. The smallest absolute Gasteiger partial charge is 0.175 e. The Balaban J connectivity index is 2.19. The van der Waals surface area contributed by atoms with Crippen molar-refractivity contribution in [3.63, 3.8) is 0 Å². The minimum Gasteiger partial charge on any atom is -0.394 e. The average molecular weight is 199 g/mol. The molecule has 2 aliphatic rings. The van der Waals surface area contributed by atoms with Crippen LogP contribution in [0.3, 0.4) is 0 Å². The zero-order valence-corrected chi connectivity index (χ0v) is 8.44. The number of carbonyl (C=O) groups excluding carboxylic acids is 1. The minimum atomic E-state index is -0.950. The number of carbonyl (C=O) groups is 1. The maximum Gasteiger partial charge on any atom is 0.175 e. The van der Waals surface area contributed by atoms with Crippen molar-refractivity contribution in [2.45, 2.75) is 31.3 Å². The van der Waals surface area contributed by atoms with Crippen molar-refractivity contribution in [3.05, 3.63) is 0 Å². The second-order valence-corrected chi connectivity index (χ2v) is 4.31. The van der Waals surface area contributed by atoms with Crippen LogP contribution in [0.4, 0.5) is 0 Å². The van der Waals surface area contributed by atoms with Gasteiger partial charge in [0.1, 0.15) is 5.54 Å². The Hall–Kier alpha value is -0.450. The summed E-state index contributed by atoms with van der Waals surface area (Å²) in [7, 11) is 0. The maximum atomic E-state index is 11.8. The van der Waals surface area contributed by atoms with E-state index >= 15 is 0 Å². The number of hydrogen-bond donors (Lipinski definition) is 2. The topological polar surface area (TPSA) is 60.8 Å². The Morgan fingerprint density at radius 3 is 2.64 bits per heavy atom. The van der Waals surface area contributed by atoms with Crippen LogP contribution in [-0.4, -0.2) is 52.2 Å². The first kappa shape index (κ1) is 10.1. The van der Waals surface area contributed by atoms with Crippen molar-refractivity contribution in [1.29, 1.82) is 0 Å². The second kappa shape index (κ2) is 3.29.